The third-order valence-electron chi connectivity index (χ3n) is 5.51. The minimum Gasteiger partial charge on any atom is -0.381 e. The number of likely N-dealkylation sites (tertiary alicyclic amines) is 1. The smallest absolute Gasteiger partial charge is 0.0959 e. The lowest BCUT2D eigenvalue weighted by Gasteiger charge is -2.53. The number of pyridine rings is 1. The fourth-order valence-corrected chi connectivity index (χ4v) is 4.16. The average Bonchev–Trinajstić information content (AvgIpc) is 2.61. The largest absolute Gasteiger partial charge is 0.381 e. The van der Waals surface area contributed by atoms with Crippen LogP contribution in [0.4, 0.5) is 0 Å². The highest BCUT2D eigenvalue weighted by atomic mass is 16.5. The summed E-state index contributed by atoms with van der Waals surface area (Å²) in [5.41, 5.74) is 1.30. The van der Waals surface area contributed by atoms with Crippen LogP contribution in [0.1, 0.15) is 31.2 Å². The Balaban J connectivity index is 1.22. The van der Waals surface area contributed by atoms with Gasteiger partial charge < -0.3 is 14.2 Å². The lowest BCUT2D eigenvalue weighted by atomic mass is 9.84. The Morgan fingerprint density at radius 2 is 2.08 bits per heavy atom. The number of nitrogens with zero attached hydrogens (tertiary/aromatic N) is 2. The molecule has 24 heavy (non-hydrogen) atoms. The van der Waals surface area contributed by atoms with Crippen LogP contribution >= 0.6 is 0 Å². The van der Waals surface area contributed by atoms with Gasteiger partial charge in [-0.3, -0.25) is 9.88 Å². The molecule has 132 valence electrons. The van der Waals surface area contributed by atoms with Crippen LogP contribution in [-0.2, 0) is 20.8 Å². The van der Waals surface area contributed by atoms with E-state index in [0.29, 0.717) is 12.0 Å². The second kappa shape index (κ2) is 7.48. The van der Waals surface area contributed by atoms with Gasteiger partial charge >= 0.3 is 0 Å². The highest BCUT2D eigenvalue weighted by Gasteiger charge is 2.47. The van der Waals surface area contributed by atoms with E-state index >= 15 is 0 Å². The summed E-state index contributed by atoms with van der Waals surface area (Å²) in [7, 11) is 0. The Morgan fingerprint density at radius 1 is 1.21 bits per heavy atom. The van der Waals surface area contributed by atoms with Crippen molar-refractivity contribution in [2.75, 3.05) is 39.5 Å². The third-order valence-corrected chi connectivity index (χ3v) is 5.51. The lowest BCUT2D eigenvalue weighted by molar-refractivity contribution is -0.201. The molecule has 5 nitrogen and oxygen atoms in total. The summed E-state index contributed by atoms with van der Waals surface area (Å²) in [6.07, 6.45) is 8.51. The fourth-order valence-electron chi connectivity index (χ4n) is 4.16. The molecule has 0 N–H and O–H groups in total. The monoisotopic (exact) mass is 332 g/mol. The molecule has 0 amide bonds. The molecule has 1 aromatic heterocycles. The lowest BCUT2D eigenvalue weighted by Crippen LogP contribution is -2.65. The minimum absolute atomic E-state index is 0.0286. The molecule has 0 aliphatic carbocycles. The van der Waals surface area contributed by atoms with E-state index in [1.54, 1.807) is 0 Å². The summed E-state index contributed by atoms with van der Waals surface area (Å²) in [5, 5.41) is 0. The zero-order valence-electron chi connectivity index (χ0n) is 14.4. The van der Waals surface area contributed by atoms with Gasteiger partial charge in [-0.2, -0.15) is 0 Å². The van der Waals surface area contributed by atoms with Gasteiger partial charge in [0.05, 0.1) is 11.7 Å². The first-order chi connectivity index (χ1) is 11.8. The topological polar surface area (TPSA) is 43.8 Å². The van der Waals surface area contributed by atoms with E-state index in [4.69, 9.17) is 14.2 Å². The molecule has 0 saturated carbocycles. The first-order valence-corrected chi connectivity index (χ1v) is 9.26. The highest BCUT2D eigenvalue weighted by Crippen LogP contribution is 2.36. The summed E-state index contributed by atoms with van der Waals surface area (Å²) < 4.78 is 17.8. The summed E-state index contributed by atoms with van der Waals surface area (Å²) in [5.74, 6) is 0.681. The second-order valence-corrected chi connectivity index (χ2v) is 7.54. The van der Waals surface area contributed by atoms with Crippen LogP contribution in [0.2, 0.25) is 0 Å². The van der Waals surface area contributed by atoms with Crippen molar-refractivity contribution in [2.24, 2.45) is 5.92 Å². The maximum Gasteiger partial charge on any atom is 0.0959 e. The number of aromatic nitrogens is 1. The molecule has 0 radical (unpaired) electrons. The molecule has 4 rings (SSSR count). The maximum absolute atomic E-state index is 6.24. The molecular formula is C19H28N2O3. The quantitative estimate of drug-likeness (QED) is 0.827. The van der Waals surface area contributed by atoms with E-state index in [9.17, 15) is 0 Å². The van der Waals surface area contributed by atoms with Crippen molar-refractivity contribution >= 4 is 0 Å². The third kappa shape index (κ3) is 3.97. The standard InChI is InChI=1S/C19H28N2O3/c1-2-17(11-20-6-1)12-21-14-19(15-21)10-18(5-9-24-19)23-13-16-3-7-22-8-4-16/h1-2,6,11,16,18H,3-5,7-10,12-15H2. The van der Waals surface area contributed by atoms with Crippen LogP contribution < -0.4 is 0 Å². The number of rotatable bonds is 5. The second-order valence-electron chi connectivity index (χ2n) is 7.54. The molecule has 4 heterocycles. The van der Waals surface area contributed by atoms with Gasteiger partial charge in [0.2, 0.25) is 0 Å². The minimum atomic E-state index is 0.0286. The average molecular weight is 332 g/mol. The van der Waals surface area contributed by atoms with Crippen molar-refractivity contribution < 1.29 is 14.2 Å². The van der Waals surface area contributed by atoms with Crippen LogP contribution in [0, 0.1) is 5.92 Å². The zero-order valence-corrected chi connectivity index (χ0v) is 14.4. The van der Waals surface area contributed by atoms with E-state index in [0.717, 1.165) is 71.7 Å². The van der Waals surface area contributed by atoms with Crippen LogP contribution in [-0.4, -0.2) is 61.1 Å². The molecule has 0 bridgehead atoms. The molecule has 3 fully saturated rings. The number of hydrogen-bond donors (Lipinski definition) is 0. The molecule has 1 atom stereocenters. The number of ether oxygens (including phenoxy) is 3. The van der Waals surface area contributed by atoms with Gasteiger partial charge in [-0.05, 0) is 36.8 Å². The van der Waals surface area contributed by atoms with Gasteiger partial charge in [-0.1, -0.05) is 6.07 Å². The van der Waals surface area contributed by atoms with Crippen molar-refractivity contribution in [1.29, 1.82) is 0 Å². The molecule has 0 aromatic carbocycles. The predicted molar refractivity (Wildman–Crippen MR) is 90.7 cm³/mol. The van der Waals surface area contributed by atoms with Crippen molar-refractivity contribution in [1.82, 2.24) is 9.88 Å². The molecule has 1 aromatic rings. The molecule has 3 aliphatic rings. The Kier molecular flexibility index (Phi) is 5.13. The van der Waals surface area contributed by atoms with Gasteiger partial charge in [0.15, 0.2) is 0 Å². The van der Waals surface area contributed by atoms with Gasteiger partial charge in [-0.15, -0.1) is 0 Å². The van der Waals surface area contributed by atoms with E-state index < -0.39 is 0 Å². The van der Waals surface area contributed by atoms with Gasteiger partial charge in [0.1, 0.15) is 0 Å². The van der Waals surface area contributed by atoms with Crippen LogP contribution in [0.5, 0.6) is 0 Å². The van der Waals surface area contributed by atoms with E-state index in [1.807, 2.05) is 18.5 Å². The first kappa shape index (κ1) is 16.5. The zero-order chi connectivity index (χ0) is 16.2. The molecule has 5 heteroatoms. The van der Waals surface area contributed by atoms with E-state index in [2.05, 4.69) is 16.0 Å². The van der Waals surface area contributed by atoms with Gasteiger partial charge in [-0.25, -0.2) is 0 Å². The summed E-state index contributed by atoms with van der Waals surface area (Å²) in [6.45, 7) is 6.51. The predicted octanol–water partition coefficient (Wildman–Crippen LogP) is 2.26. The van der Waals surface area contributed by atoms with Gasteiger partial charge in [0, 0.05) is 64.9 Å². The van der Waals surface area contributed by atoms with Crippen molar-refractivity contribution in [3.63, 3.8) is 0 Å². The highest BCUT2D eigenvalue weighted by molar-refractivity contribution is 5.11. The van der Waals surface area contributed by atoms with E-state index in [-0.39, 0.29) is 5.60 Å². The molecule has 3 aliphatic heterocycles. The molecule has 1 spiro atoms. The Labute approximate surface area is 144 Å². The van der Waals surface area contributed by atoms with Gasteiger partial charge in [0.25, 0.3) is 0 Å². The summed E-state index contributed by atoms with van der Waals surface area (Å²) >= 11 is 0. The molecule has 3 saturated heterocycles. The van der Waals surface area contributed by atoms with Crippen molar-refractivity contribution in [2.45, 2.75) is 43.9 Å². The van der Waals surface area contributed by atoms with Crippen LogP contribution in [0.3, 0.4) is 0 Å². The Hall–Kier alpha value is -1.01. The fraction of sp³-hybridized carbons (Fsp3) is 0.737. The molecule has 1 unspecified atom stereocenters. The van der Waals surface area contributed by atoms with Crippen molar-refractivity contribution in [3.8, 4) is 0 Å². The first-order valence-electron chi connectivity index (χ1n) is 9.26. The Bertz CT molecular complexity index is 513. The van der Waals surface area contributed by atoms with Crippen molar-refractivity contribution in [3.05, 3.63) is 30.1 Å². The van der Waals surface area contributed by atoms with Crippen LogP contribution in [0.15, 0.2) is 24.5 Å². The maximum atomic E-state index is 6.24. The SMILES string of the molecule is c1cncc(CN2CC3(CC(OCC4CCOCC4)CCO3)C2)c1. The molecular weight excluding hydrogens is 304 g/mol. The summed E-state index contributed by atoms with van der Waals surface area (Å²) in [4.78, 5) is 6.64. The number of hydrogen-bond acceptors (Lipinski definition) is 5. The Morgan fingerprint density at radius 3 is 2.88 bits per heavy atom. The van der Waals surface area contributed by atoms with Crippen LogP contribution in [0.25, 0.3) is 0 Å². The van der Waals surface area contributed by atoms with E-state index in [1.165, 1.54) is 5.56 Å². The summed E-state index contributed by atoms with van der Waals surface area (Å²) in [6, 6.07) is 4.14. The normalized spacial score (nSPS) is 27.9.